The van der Waals surface area contributed by atoms with Crippen molar-refractivity contribution in [3.63, 3.8) is 0 Å². The zero-order chi connectivity index (χ0) is 7.02. The lowest BCUT2D eigenvalue weighted by Gasteiger charge is -1.86. The van der Waals surface area contributed by atoms with Crippen LogP contribution in [0.1, 0.15) is 17.0 Å². The van der Waals surface area contributed by atoms with Crippen molar-refractivity contribution in [1.29, 1.82) is 0 Å². The van der Waals surface area contributed by atoms with Crippen molar-refractivity contribution in [2.45, 2.75) is 20.8 Å². The lowest BCUT2D eigenvalue weighted by molar-refractivity contribution is 1.17. The second kappa shape index (κ2) is 2.33. The maximum atomic E-state index is 3.27. The van der Waals surface area contributed by atoms with Crippen molar-refractivity contribution >= 4 is 22.6 Å². The highest BCUT2D eigenvalue weighted by molar-refractivity contribution is 14.1. The zero-order valence-corrected chi connectivity index (χ0v) is 8.04. The van der Waals surface area contributed by atoms with Crippen LogP contribution in [0.2, 0.25) is 0 Å². The van der Waals surface area contributed by atoms with Gasteiger partial charge in [0.15, 0.2) is 0 Å². The van der Waals surface area contributed by atoms with Crippen LogP contribution in [0.25, 0.3) is 0 Å². The van der Waals surface area contributed by atoms with Crippen LogP contribution in [-0.2, 0) is 0 Å². The summed E-state index contributed by atoms with van der Waals surface area (Å²) in [6.07, 6.45) is 0. The summed E-state index contributed by atoms with van der Waals surface area (Å²) in [7, 11) is 0. The minimum Gasteiger partial charge on any atom is -0.362 e. The van der Waals surface area contributed by atoms with E-state index in [0.717, 1.165) is 0 Å². The Kier molecular flexibility index (Phi) is 1.84. The molecule has 0 atom stereocenters. The molecule has 0 fully saturated rings. The van der Waals surface area contributed by atoms with Gasteiger partial charge in [0.1, 0.15) is 0 Å². The predicted molar refractivity (Wildman–Crippen MR) is 47.7 cm³/mol. The number of aryl methyl sites for hydroxylation is 2. The molecule has 2 heteroatoms. The number of aromatic nitrogens is 1. The van der Waals surface area contributed by atoms with E-state index in [4.69, 9.17) is 0 Å². The van der Waals surface area contributed by atoms with E-state index in [1.165, 1.54) is 20.5 Å². The van der Waals surface area contributed by atoms with Gasteiger partial charge in [-0.25, -0.2) is 0 Å². The summed E-state index contributed by atoms with van der Waals surface area (Å²) >= 11 is 2.36. The Bertz CT molecular complexity index is 203. The number of rotatable bonds is 0. The molecular formula is C7H10IN. The summed E-state index contributed by atoms with van der Waals surface area (Å²) in [5, 5.41) is 0. The molecule has 9 heavy (non-hydrogen) atoms. The van der Waals surface area contributed by atoms with Crippen LogP contribution in [-0.4, -0.2) is 4.98 Å². The molecule has 0 saturated heterocycles. The molecule has 0 radical (unpaired) electrons. The second-order valence-electron chi connectivity index (χ2n) is 2.31. The quantitative estimate of drug-likeness (QED) is 0.665. The molecule has 0 spiro atoms. The van der Waals surface area contributed by atoms with E-state index in [1.807, 2.05) is 0 Å². The summed E-state index contributed by atoms with van der Waals surface area (Å²) in [5.41, 5.74) is 3.95. The van der Waals surface area contributed by atoms with Crippen LogP contribution in [0, 0.1) is 24.3 Å². The molecule has 1 N–H and O–H groups in total. The summed E-state index contributed by atoms with van der Waals surface area (Å²) in [5.74, 6) is 0. The van der Waals surface area contributed by atoms with Gasteiger partial charge >= 0.3 is 0 Å². The fourth-order valence-electron chi connectivity index (χ4n) is 0.876. The Morgan fingerprint density at radius 3 is 1.78 bits per heavy atom. The molecule has 0 aromatic carbocycles. The second-order valence-corrected chi connectivity index (χ2v) is 3.39. The first-order valence-corrected chi connectivity index (χ1v) is 4.02. The highest BCUT2D eigenvalue weighted by Gasteiger charge is 2.02. The third-order valence-electron chi connectivity index (χ3n) is 1.60. The topological polar surface area (TPSA) is 15.8 Å². The normalized spacial score (nSPS) is 10.2. The maximum Gasteiger partial charge on any atom is 0.0366 e. The molecule has 0 amide bonds. The van der Waals surface area contributed by atoms with E-state index in [0.29, 0.717) is 0 Å². The minimum absolute atomic E-state index is 1.28. The number of hydrogen-bond donors (Lipinski definition) is 1. The van der Waals surface area contributed by atoms with Gasteiger partial charge in [0.25, 0.3) is 0 Å². The molecular weight excluding hydrogens is 225 g/mol. The molecule has 1 nitrogen and oxygen atoms in total. The van der Waals surface area contributed by atoms with Crippen molar-refractivity contribution in [3.05, 3.63) is 20.5 Å². The molecule has 1 aromatic heterocycles. The first kappa shape index (κ1) is 7.12. The Hall–Kier alpha value is 0.01000. The highest BCUT2D eigenvalue weighted by Crippen LogP contribution is 2.18. The van der Waals surface area contributed by atoms with E-state index in [9.17, 15) is 0 Å². The highest BCUT2D eigenvalue weighted by atomic mass is 127. The fourth-order valence-corrected chi connectivity index (χ4v) is 1.42. The Morgan fingerprint density at radius 2 is 1.67 bits per heavy atom. The van der Waals surface area contributed by atoms with Crippen LogP contribution in [0.4, 0.5) is 0 Å². The number of hydrogen-bond acceptors (Lipinski definition) is 0. The predicted octanol–water partition coefficient (Wildman–Crippen LogP) is 2.54. The Morgan fingerprint density at radius 1 is 1.11 bits per heavy atom. The maximum absolute atomic E-state index is 3.27. The van der Waals surface area contributed by atoms with Gasteiger partial charge in [-0.05, 0) is 48.9 Å². The first-order chi connectivity index (χ1) is 4.13. The SMILES string of the molecule is Cc1[nH]c(C)c(I)c1C. The van der Waals surface area contributed by atoms with Gasteiger partial charge in [-0.2, -0.15) is 0 Å². The molecule has 1 rings (SSSR count). The molecule has 1 heterocycles. The van der Waals surface area contributed by atoms with Gasteiger partial charge in [0, 0.05) is 15.0 Å². The summed E-state index contributed by atoms with van der Waals surface area (Å²) < 4.78 is 1.37. The van der Waals surface area contributed by atoms with Crippen LogP contribution in [0.15, 0.2) is 0 Å². The monoisotopic (exact) mass is 235 g/mol. The zero-order valence-electron chi connectivity index (χ0n) is 5.88. The van der Waals surface area contributed by atoms with Crippen LogP contribution < -0.4 is 0 Å². The average molecular weight is 235 g/mol. The largest absolute Gasteiger partial charge is 0.362 e. The third-order valence-corrected chi connectivity index (χ3v) is 3.21. The summed E-state index contributed by atoms with van der Waals surface area (Å²) in [6, 6.07) is 0. The Labute approximate surface area is 69.0 Å². The molecule has 50 valence electrons. The molecule has 0 aliphatic heterocycles. The molecule has 1 aromatic rings. The van der Waals surface area contributed by atoms with Gasteiger partial charge in [0.2, 0.25) is 0 Å². The summed E-state index contributed by atoms with van der Waals surface area (Å²) in [6.45, 7) is 6.34. The number of halogens is 1. The molecule has 0 unspecified atom stereocenters. The van der Waals surface area contributed by atoms with Crippen molar-refractivity contribution < 1.29 is 0 Å². The van der Waals surface area contributed by atoms with Crippen LogP contribution in [0.3, 0.4) is 0 Å². The average Bonchev–Trinajstić information content (AvgIpc) is 1.98. The lowest BCUT2D eigenvalue weighted by Crippen LogP contribution is -1.72. The minimum atomic E-state index is 1.28. The Balaban J connectivity index is 3.29. The first-order valence-electron chi connectivity index (χ1n) is 2.94. The number of H-pyrrole nitrogens is 1. The van der Waals surface area contributed by atoms with Gasteiger partial charge in [-0.1, -0.05) is 0 Å². The van der Waals surface area contributed by atoms with Crippen LogP contribution in [0.5, 0.6) is 0 Å². The van der Waals surface area contributed by atoms with Gasteiger partial charge in [0.05, 0.1) is 0 Å². The lowest BCUT2D eigenvalue weighted by atomic mass is 10.3. The summed E-state index contributed by atoms with van der Waals surface area (Å²) in [4.78, 5) is 3.27. The van der Waals surface area contributed by atoms with Gasteiger partial charge in [-0.3, -0.25) is 0 Å². The van der Waals surface area contributed by atoms with Crippen molar-refractivity contribution in [3.8, 4) is 0 Å². The number of aromatic amines is 1. The molecule has 0 aliphatic rings. The van der Waals surface area contributed by atoms with E-state index in [1.54, 1.807) is 0 Å². The van der Waals surface area contributed by atoms with Gasteiger partial charge in [-0.15, -0.1) is 0 Å². The van der Waals surface area contributed by atoms with E-state index >= 15 is 0 Å². The van der Waals surface area contributed by atoms with Crippen molar-refractivity contribution in [2.24, 2.45) is 0 Å². The molecule has 0 aliphatic carbocycles. The van der Waals surface area contributed by atoms with Crippen molar-refractivity contribution in [1.82, 2.24) is 4.98 Å². The molecule has 0 saturated carbocycles. The molecule has 0 bridgehead atoms. The van der Waals surface area contributed by atoms with E-state index < -0.39 is 0 Å². The smallest absolute Gasteiger partial charge is 0.0366 e. The van der Waals surface area contributed by atoms with Crippen LogP contribution >= 0.6 is 22.6 Å². The number of nitrogens with one attached hydrogen (secondary N) is 1. The van der Waals surface area contributed by atoms with Gasteiger partial charge < -0.3 is 4.98 Å². The van der Waals surface area contributed by atoms with E-state index in [2.05, 4.69) is 48.3 Å². The van der Waals surface area contributed by atoms with E-state index in [-0.39, 0.29) is 0 Å². The standard InChI is InChI=1S/C7H10IN/c1-4-5(2)9-6(3)7(4)8/h9H,1-3H3. The fraction of sp³-hybridized carbons (Fsp3) is 0.429. The van der Waals surface area contributed by atoms with Crippen molar-refractivity contribution in [2.75, 3.05) is 0 Å². The third kappa shape index (κ3) is 1.13.